The number of ether oxygens (including phenoxy) is 3. The van der Waals surface area contributed by atoms with Crippen molar-refractivity contribution in [3.63, 3.8) is 0 Å². The van der Waals surface area contributed by atoms with Crippen LogP contribution in [0.15, 0.2) is 30.6 Å². The molecule has 1 fully saturated rings. The molecule has 2 heterocycles. The molecule has 0 amide bonds. The number of sulfonamides is 1. The van der Waals surface area contributed by atoms with Crippen LogP contribution in [0.25, 0.3) is 5.69 Å². The van der Waals surface area contributed by atoms with Crippen molar-refractivity contribution >= 4 is 27.6 Å². The fourth-order valence-electron chi connectivity index (χ4n) is 4.13. The summed E-state index contributed by atoms with van der Waals surface area (Å²) in [6.07, 6.45) is 2.69. The van der Waals surface area contributed by atoms with Crippen LogP contribution in [0.4, 0.5) is 5.95 Å². The van der Waals surface area contributed by atoms with Crippen LogP contribution in [0.2, 0.25) is 5.02 Å². The largest absolute Gasteiger partial charge is 0.494 e. The van der Waals surface area contributed by atoms with Crippen molar-refractivity contribution in [1.29, 1.82) is 0 Å². The molecule has 1 aromatic carbocycles. The Balaban J connectivity index is 1.78. The first-order chi connectivity index (χ1) is 17.0. The Morgan fingerprint density at radius 3 is 2.19 bits per heavy atom. The zero-order chi connectivity index (χ0) is 26.3. The molecular weight excluding hydrogens is 508 g/mol. The maximum absolute atomic E-state index is 13.5. The van der Waals surface area contributed by atoms with E-state index >= 15 is 0 Å². The van der Waals surface area contributed by atoms with E-state index in [2.05, 4.69) is 38.7 Å². The summed E-state index contributed by atoms with van der Waals surface area (Å²) in [5, 5.41) is 7.85. The Morgan fingerprint density at radius 2 is 1.69 bits per heavy atom. The van der Waals surface area contributed by atoms with E-state index in [1.807, 2.05) is 0 Å². The SMILES string of the molecule is COc1cccc(OC)c1-n1c(NS(=O)(=O)C(C)C(OC)c2ncc(Cl)cn2)nnc1[C@H]1CC1(C)C. The van der Waals surface area contributed by atoms with Crippen molar-refractivity contribution in [3.8, 4) is 17.2 Å². The number of nitrogens with zero attached hydrogens (tertiary/aromatic N) is 5. The lowest BCUT2D eigenvalue weighted by molar-refractivity contribution is 0.0950. The van der Waals surface area contributed by atoms with E-state index in [4.69, 9.17) is 25.8 Å². The Labute approximate surface area is 215 Å². The zero-order valence-corrected chi connectivity index (χ0v) is 22.5. The summed E-state index contributed by atoms with van der Waals surface area (Å²) in [6, 6.07) is 5.31. The molecular formula is C23H29ClN6O5S. The molecule has 194 valence electrons. The van der Waals surface area contributed by atoms with E-state index in [0.29, 0.717) is 28.0 Å². The van der Waals surface area contributed by atoms with Gasteiger partial charge in [-0.3, -0.25) is 9.29 Å². The molecule has 2 aromatic heterocycles. The molecule has 13 heteroatoms. The predicted octanol–water partition coefficient (Wildman–Crippen LogP) is 3.76. The summed E-state index contributed by atoms with van der Waals surface area (Å²) in [7, 11) is 0.391. The van der Waals surface area contributed by atoms with Crippen molar-refractivity contribution < 1.29 is 22.6 Å². The van der Waals surface area contributed by atoms with Gasteiger partial charge in [0.05, 0.1) is 19.2 Å². The fourth-order valence-corrected chi connectivity index (χ4v) is 5.36. The Bertz CT molecular complexity index is 1320. The molecule has 3 aromatic rings. The van der Waals surface area contributed by atoms with Crippen molar-refractivity contribution in [2.24, 2.45) is 5.41 Å². The fraction of sp³-hybridized carbons (Fsp3) is 0.478. The number of nitrogens with one attached hydrogen (secondary N) is 1. The highest BCUT2D eigenvalue weighted by Crippen LogP contribution is 2.59. The van der Waals surface area contributed by atoms with E-state index in [1.165, 1.54) is 40.6 Å². The molecule has 0 radical (unpaired) electrons. The molecule has 0 saturated heterocycles. The minimum Gasteiger partial charge on any atom is -0.494 e. The third-order valence-electron chi connectivity index (χ3n) is 6.44. The molecule has 1 aliphatic rings. The standard InChI is InChI=1S/C23H29ClN6O5S/c1-13(19(35-6)20-25-11-14(24)12-26-20)36(31,32)29-22-28-27-21(15-10-23(15,2)3)30(22)18-16(33-4)8-7-9-17(18)34-5/h7-9,11-13,15,19H,10H2,1-6H3,(H,28,29)/t13?,15-,19?/m1/s1. The molecule has 36 heavy (non-hydrogen) atoms. The number of para-hydroxylation sites is 1. The van der Waals surface area contributed by atoms with Gasteiger partial charge in [0.15, 0.2) is 5.82 Å². The first-order valence-corrected chi connectivity index (χ1v) is 13.1. The zero-order valence-electron chi connectivity index (χ0n) is 20.9. The third-order valence-corrected chi connectivity index (χ3v) is 8.33. The normalized spacial score (nSPS) is 18.4. The second-order valence-corrected chi connectivity index (χ2v) is 11.7. The lowest BCUT2D eigenvalue weighted by Crippen LogP contribution is -2.33. The Hall–Kier alpha value is -2.96. The average Bonchev–Trinajstić information content (AvgIpc) is 3.30. The summed E-state index contributed by atoms with van der Waals surface area (Å²) in [6.45, 7) is 5.75. The summed E-state index contributed by atoms with van der Waals surface area (Å²) in [5.74, 6) is 1.84. The maximum atomic E-state index is 13.5. The molecule has 11 nitrogen and oxygen atoms in total. The summed E-state index contributed by atoms with van der Waals surface area (Å²) >= 11 is 5.88. The smallest absolute Gasteiger partial charge is 0.243 e. The topological polar surface area (TPSA) is 130 Å². The molecule has 1 N–H and O–H groups in total. The number of rotatable bonds is 10. The second-order valence-electron chi connectivity index (χ2n) is 9.24. The van der Waals surface area contributed by atoms with Gasteiger partial charge in [-0.1, -0.05) is 31.5 Å². The van der Waals surface area contributed by atoms with E-state index < -0.39 is 21.4 Å². The third kappa shape index (κ3) is 4.84. The van der Waals surface area contributed by atoms with Gasteiger partial charge in [0.25, 0.3) is 0 Å². The van der Waals surface area contributed by atoms with Gasteiger partial charge in [-0.15, -0.1) is 10.2 Å². The number of methoxy groups -OCH3 is 3. The van der Waals surface area contributed by atoms with Crippen molar-refractivity contribution in [2.45, 2.75) is 44.5 Å². The highest BCUT2D eigenvalue weighted by molar-refractivity contribution is 7.93. The van der Waals surface area contributed by atoms with Gasteiger partial charge in [0, 0.05) is 25.4 Å². The van der Waals surface area contributed by atoms with Crippen LogP contribution in [0.3, 0.4) is 0 Å². The summed E-state index contributed by atoms with van der Waals surface area (Å²) in [4.78, 5) is 8.25. The first-order valence-electron chi connectivity index (χ1n) is 11.2. The van der Waals surface area contributed by atoms with Crippen LogP contribution < -0.4 is 14.2 Å². The monoisotopic (exact) mass is 536 g/mol. The number of benzene rings is 1. The minimum atomic E-state index is -4.07. The van der Waals surface area contributed by atoms with Crippen LogP contribution in [0, 0.1) is 5.41 Å². The quantitative estimate of drug-likeness (QED) is 0.411. The van der Waals surface area contributed by atoms with Crippen LogP contribution in [-0.2, 0) is 14.8 Å². The van der Waals surface area contributed by atoms with Crippen molar-refractivity contribution in [1.82, 2.24) is 24.7 Å². The lowest BCUT2D eigenvalue weighted by Gasteiger charge is -2.23. The lowest BCUT2D eigenvalue weighted by atomic mass is 10.1. The van der Waals surface area contributed by atoms with Crippen LogP contribution >= 0.6 is 11.6 Å². The number of halogens is 1. The van der Waals surface area contributed by atoms with Gasteiger partial charge in [0.1, 0.15) is 34.4 Å². The van der Waals surface area contributed by atoms with E-state index in [-0.39, 0.29) is 23.1 Å². The van der Waals surface area contributed by atoms with Crippen LogP contribution in [-0.4, -0.2) is 59.7 Å². The molecule has 3 atom stereocenters. The molecule has 0 bridgehead atoms. The van der Waals surface area contributed by atoms with Crippen LogP contribution in [0.5, 0.6) is 11.5 Å². The van der Waals surface area contributed by atoms with Gasteiger partial charge in [-0.2, -0.15) is 0 Å². The van der Waals surface area contributed by atoms with Gasteiger partial charge >= 0.3 is 0 Å². The Morgan fingerprint density at radius 1 is 1.11 bits per heavy atom. The highest BCUT2D eigenvalue weighted by atomic mass is 35.5. The molecule has 2 unspecified atom stereocenters. The predicted molar refractivity (Wildman–Crippen MR) is 134 cm³/mol. The van der Waals surface area contributed by atoms with Gasteiger partial charge < -0.3 is 14.2 Å². The number of anilines is 1. The van der Waals surface area contributed by atoms with E-state index in [1.54, 1.807) is 22.8 Å². The van der Waals surface area contributed by atoms with Gasteiger partial charge in [-0.25, -0.2) is 18.4 Å². The molecule has 4 rings (SSSR count). The van der Waals surface area contributed by atoms with E-state index in [0.717, 1.165) is 6.42 Å². The average molecular weight is 537 g/mol. The van der Waals surface area contributed by atoms with Gasteiger partial charge in [-0.05, 0) is 30.9 Å². The number of hydrogen-bond acceptors (Lipinski definition) is 9. The molecule has 0 spiro atoms. The van der Waals surface area contributed by atoms with Gasteiger partial charge in [0.2, 0.25) is 16.0 Å². The molecule has 1 saturated carbocycles. The second kappa shape index (κ2) is 9.83. The number of hydrogen-bond donors (Lipinski definition) is 1. The van der Waals surface area contributed by atoms with E-state index in [9.17, 15) is 8.42 Å². The molecule has 1 aliphatic carbocycles. The molecule has 0 aliphatic heterocycles. The first kappa shape index (κ1) is 26.1. The maximum Gasteiger partial charge on any atom is 0.243 e. The Kier molecular flexibility index (Phi) is 7.13. The van der Waals surface area contributed by atoms with Crippen molar-refractivity contribution in [2.75, 3.05) is 26.1 Å². The van der Waals surface area contributed by atoms with Crippen molar-refractivity contribution in [3.05, 3.63) is 47.3 Å². The summed E-state index contributed by atoms with van der Waals surface area (Å²) in [5.41, 5.74) is 0.496. The summed E-state index contributed by atoms with van der Waals surface area (Å²) < 4.78 is 48.0. The highest BCUT2D eigenvalue weighted by Gasteiger charge is 2.50. The minimum absolute atomic E-state index is 0.00343. The number of aromatic nitrogens is 5. The van der Waals surface area contributed by atoms with Crippen LogP contribution in [0.1, 0.15) is 50.9 Å².